The minimum atomic E-state index is -0.308. The van der Waals surface area contributed by atoms with Crippen molar-refractivity contribution in [3.05, 3.63) is 29.1 Å². The van der Waals surface area contributed by atoms with Crippen molar-refractivity contribution in [1.82, 2.24) is 0 Å². The highest BCUT2D eigenvalue weighted by Crippen LogP contribution is 2.40. The lowest BCUT2D eigenvalue weighted by Crippen LogP contribution is -2.24. The van der Waals surface area contributed by atoms with Gasteiger partial charge in [0.15, 0.2) is 11.6 Å². The Morgan fingerprint density at radius 1 is 1.50 bits per heavy atom. The molecule has 14 heavy (non-hydrogen) atoms. The first-order chi connectivity index (χ1) is 6.65. The molecule has 1 aromatic carbocycles. The maximum atomic E-state index is 13.4. The smallest absolute Gasteiger partial charge is 0.165 e. The van der Waals surface area contributed by atoms with Gasteiger partial charge in [-0.15, -0.1) is 0 Å². The third-order valence-electron chi connectivity index (χ3n) is 2.77. The second-order valence-electron chi connectivity index (χ2n) is 3.70. The van der Waals surface area contributed by atoms with Gasteiger partial charge in [-0.2, -0.15) is 0 Å². The highest BCUT2D eigenvalue weighted by Gasteiger charge is 2.33. The molecule has 0 saturated heterocycles. The van der Waals surface area contributed by atoms with Crippen LogP contribution < -0.4 is 10.5 Å². The lowest BCUT2D eigenvalue weighted by Gasteiger charge is -2.12. The summed E-state index contributed by atoms with van der Waals surface area (Å²) in [6, 6.07) is 2.99. The molecule has 2 N–H and O–H groups in total. The molecular formula is C11H14FNO. The van der Waals surface area contributed by atoms with Crippen LogP contribution in [-0.4, -0.2) is 6.10 Å². The van der Waals surface area contributed by atoms with Gasteiger partial charge >= 0.3 is 0 Å². The second-order valence-corrected chi connectivity index (χ2v) is 3.70. The fourth-order valence-electron chi connectivity index (χ4n) is 1.95. The first-order valence-corrected chi connectivity index (χ1v) is 4.86. The molecule has 0 spiro atoms. The van der Waals surface area contributed by atoms with Crippen molar-refractivity contribution in [2.75, 3.05) is 0 Å². The summed E-state index contributed by atoms with van der Waals surface area (Å²) >= 11 is 0. The van der Waals surface area contributed by atoms with Crippen LogP contribution in [0.3, 0.4) is 0 Å². The van der Waals surface area contributed by atoms with Gasteiger partial charge in [-0.25, -0.2) is 4.39 Å². The maximum absolute atomic E-state index is 13.4. The molecule has 2 unspecified atom stereocenters. The molecule has 1 aliphatic rings. The summed E-state index contributed by atoms with van der Waals surface area (Å²) in [7, 11) is 0. The summed E-state index contributed by atoms with van der Waals surface area (Å²) in [5.74, 6) is 0.0429. The second kappa shape index (κ2) is 3.24. The van der Waals surface area contributed by atoms with Crippen molar-refractivity contribution in [2.24, 2.45) is 5.73 Å². The zero-order valence-electron chi connectivity index (χ0n) is 8.38. The number of rotatable bonds is 1. The van der Waals surface area contributed by atoms with Crippen LogP contribution in [0.4, 0.5) is 4.39 Å². The summed E-state index contributed by atoms with van der Waals surface area (Å²) < 4.78 is 18.9. The molecule has 0 aromatic heterocycles. The van der Waals surface area contributed by atoms with Crippen molar-refractivity contribution >= 4 is 0 Å². The third kappa shape index (κ3) is 1.20. The monoisotopic (exact) mass is 195 g/mol. The van der Waals surface area contributed by atoms with Gasteiger partial charge in [-0.3, -0.25) is 0 Å². The molecule has 76 valence electrons. The topological polar surface area (TPSA) is 35.2 Å². The van der Waals surface area contributed by atoms with E-state index in [1.807, 2.05) is 13.8 Å². The van der Waals surface area contributed by atoms with Gasteiger partial charge < -0.3 is 10.5 Å². The van der Waals surface area contributed by atoms with Gasteiger partial charge in [0, 0.05) is 5.56 Å². The van der Waals surface area contributed by atoms with E-state index in [0.717, 1.165) is 17.5 Å². The molecule has 2 atom stereocenters. The third-order valence-corrected chi connectivity index (χ3v) is 2.77. The van der Waals surface area contributed by atoms with Crippen LogP contribution in [0.15, 0.2) is 12.1 Å². The molecule has 0 aliphatic carbocycles. The van der Waals surface area contributed by atoms with Crippen LogP contribution in [0.25, 0.3) is 0 Å². The summed E-state index contributed by atoms with van der Waals surface area (Å²) in [6.07, 6.45) is 0.718. The number of aryl methyl sites for hydroxylation is 1. The van der Waals surface area contributed by atoms with Crippen molar-refractivity contribution in [3.63, 3.8) is 0 Å². The highest BCUT2D eigenvalue weighted by molar-refractivity contribution is 5.46. The van der Waals surface area contributed by atoms with Crippen LogP contribution in [-0.2, 0) is 0 Å². The molecule has 0 saturated carbocycles. The fraction of sp³-hybridized carbons (Fsp3) is 0.455. The predicted molar refractivity (Wildman–Crippen MR) is 52.8 cm³/mol. The zero-order valence-corrected chi connectivity index (χ0v) is 8.38. The number of benzene rings is 1. The van der Waals surface area contributed by atoms with E-state index in [9.17, 15) is 4.39 Å². The van der Waals surface area contributed by atoms with Gasteiger partial charge in [0.1, 0.15) is 6.10 Å². The molecule has 0 bridgehead atoms. The van der Waals surface area contributed by atoms with E-state index in [-0.39, 0.29) is 18.0 Å². The van der Waals surface area contributed by atoms with E-state index < -0.39 is 0 Å². The Morgan fingerprint density at radius 2 is 2.21 bits per heavy atom. The van der Waals surface area contributed by atoms with E-state index in [4.69, 9.17) is 10.5 Å². The largest absolute Gasteiger partial charge is 0.485 e. The number of fused-ring (bicyclic) bond motifs is 1. The van der Waals surface area contributed by atoms with E-state index in [0.29, 0.717) is 5.75 Å². The quantitative estimate of drug-likeness (QED) is 0.746. The molecule has 2 rings (SSSR count). The number of hydrogen-bond donors (Lipinski definition) is 1. The molecule has 3 heteroatoms. The molecule has 1 aromatic rings. The van der Waals surface area contributed by atoms with E-state index >= 15 is 0 Å². The summed E-state index contributed by atoms with van der Waals surface area (Å²) in [5, 5.41) is 0. The molecule has 0 amide bonds. The summed E-state index contributed by atoms with van der Waals surface area (Å²) in [5.41, 5.74) is 7.81. The highest BCUT2D eigenvalue weighted by atomic mass is 19.1. The fourth-order valence-corrected chi connectivity index (χ4v) is 1.95. The van der Waals surface area contributed by atoms with Gasteiger partial charge in [-0.05, 0) is 25.0 Å². The van der Waals surface area contributed by atoms with Crippen LogP contribution in [0.5, 0.6) is 5.75 Å². The molecule has 2 nitrogen and oxygen atoms in total. The van der Waals surface area contributed by atoms with E-state index in [2.05, 4.69) is 0 Å². The Balaban J connectivity index is 2.52. The Hall–Kier alpha value is -1.09. The van der Waals surface area contributed by atoms with Crippen molar-refractivity contribution in [2.45, 2.75) is 32.4 Å². The van der Waals surface area contributed by atoms with Crippen molar-refractivity contribution in [1.29, 1.82) is 0 Å². The van der Waals surface area contributed by atoms with Gasteiger partial charge in [0.25, 0.3) is 0 Å². The van der Waals surface area contributed by atoms with Crippen LogP contribution >= 0.6 is 0 Å². The minimum absolute atomic E-state index is 0.0828. The average Bonchev–Trinajstić information content (AvgIpc) is 2.51. The zero-order chi connectivity index (χ0) is 10.3. The Bertz CT molecular complexity index is 365. The van der Waals surface area contributed by atoms with Crippen LogP contribution in [0.2, 0.25) is 0 Å². The number of hydrogen-bond acceptors (Lipinski definition) is 2. The van der Waals surface area contributed by atoms with Gasteiger partial charge in [-0.1, -0.05) is 13.0 Å². The van der Waals surface area contributed by atoms with Gasteiger partial charge in [0.05, 0.1) is 6.04 Å². The SMILES string of the molecule is CCC1Oc2c(F)ccc(C)c2C1N. The van der Waals surface area contributed by atoms with E-state index in [1.165, 1.54) is 6.07 Å². The Morgan fingerprint density at radius 3 is 2.79 bits per heavy atom. The van der Waals surface area contributed by atoms with Crippen molar-refractivity contribution < 1.29 is 9.13 Å². The maximum Gasteiger partial charge on any atom is 0.165 e. The molecule has 0 fully saturated rings. The normalized spacial score (nSPS) is 24.6. The number of nitrogens with two attached hydrogens (primary N) is 1. The number of halogens is 1. The standard InChI is InChI=1S/C11H14FNO/c1-3-8-10(13)9-6(2)4-5-7(12)11(9)14-8/h4-5,8,10H,3,13H2,1-2H3. The molecule has 1 heterocycles. The summed E-state index contributed by atoms with van der Waals surface area (Å²) in [4.78, 5) is 0. The number of ether oxygens (including phenoxy) is 1. The Labute approximate surface area is 82.9 Å². The lowest BCUT2D eigenvalue weighted by molar-refractivity contribution is 0.196. The molecule has 0 radical (unpaired) electrons. The molecular weight excluding hydrogens is 181 g/mol. The lowest BCUT2D eigenvalue weighted by atomic mass is 9.98. The first-order valence-electron chi connectivity index (χ1n) is 4.86. The molecule has 1 aliphatic heterocycles. The van der Waals surface area contributed by atoms with Gasteiger partial charge in [0.2, 0.25) is 0 Å². The Kier molecular flexibility index (Phi) is 2.19. The van der Waals surface area contributed by atoms with Crippen LogP contribution in [0.1, 0.15) is 30.5 Å². The van der Waals surface area contributed by atoms with Crippen molar-refractivity contribution in [3.8, 4) is 5.75 Å². The predicted octanol–water partition coefficient (Wildman–Crippen LogP) is 2.30. The first kappa shape index (κ1) is 9.46. The van der Waals surface area contributed by atoms with E-state index in [1.54, 1.807) is 6.07 Å². The van der Waals surface area contributed by atoms with Crippen LogP contribution in [0, 0.1) is 12.7 Å². The summed E-state index contributed by atoms with van der Waals surface area (Å²) in [6.45, 7) is 3.92. The average molecular weight is 195 g/mol. The minimum Gasteiger partial charge on any atom is -0.485 e.